The molecule has 0 aliphatic carbocycles. The van der Waals surface area contributed by atoms with Crippen molar-refractivity contribution in [2.24, 2.45) is 0 Å². The van der Waals surface area contributed by atoms with Gasteiger partial charge in [-0.1, -0.05) is 0 Å². The van der Waals surface area contributed by atoms with Crippen LogP contribution in [0.15, 0.2) is 0 Å². The van der Waals surface area contributed by atoms with Crippen LogP contribution in [0, 0.1) is 0 Å². The Morgan fingerprint density at radius 2 is 0.500 bits per heavy atom. The molecule has 0 fully saturated rings. The zero-order valence-electron chi connectivity index (χ0n) is 3.12. The van der Waals surface area contributed by atoms with Crippen LogP contribution < -0.4 is 6.15 Å². The van der Waals surface area contributed by atoms with Crippen molar-refractivity contribution < 1.29 is 43.0 Å². The van der Waals surface area contributed by atoms with Crippen molar-refractivity contribution in [3.63, 3.8) is 0 Å². The first-order valence-electron chi connectivity index (χ1n) is 0. The molecule has 0 spiro atoms. The second kappa shape index (κ2) is 110. The maximum absolute atomic E-state index is 0. The first kappa shape index (κ1) is 153. The summed E-state index contributed by atoms with van der Waals surface area (Å²) in [7, 11) is 0. The Balaban J connectivity index is 0. The molecule has 8 heavy (non-hydrogen) atoms. The zero-order valence-corrected chi connectivity index (χ0v) is 5.12. The fraction of sp³-hybridized carbons (Fsp3) is 0. The molecule has 11 N–H and O–H groups in total. The SMILES string of the molecule is N.O.O.O.O.[Mo].[NaH].[NaH]. The van der Waals surface area contributed by atoms with Gasteiger partial charge in [-0.15, -0.1) is 0 Å². The van der Waals surface area contributed by atoms with Crippen molar-refractivity contribution in [1.82, 2.24) is 6.15 Å². The van der Waals surface area contributed by atoms with Crippen LogP contribution in [0.25, 0.3) is 0 Å². The van der Waals surface area contributed by atoms with Crippen LogP contribution >= 0.6 is 0 Å². The van der Waals surface area contributed by atoms with E-state index in [1.807, 2.05) is 0 Å². The van der Waals surface area contributed by atoms with E-state index in [4.69, 9.17) is 0 Å². The topological polar surface area (TPSA) is 161 Å². The summed E-state index contributed by atoms with van der Waals surface area (Å²) in [6.45, 7) is 0. The minimum absolute atomic E-state index is 0. The normalized spacial score (nSPS) is 0. The van der Waals surface area contributed by atoms with E-state index in [2.05, 4.69) is 0 Å². The molecule has 0 aromatic carbocycles. The molecular weight excluding hydrogens is 220 g/mol. The molecule has 0 aromatic rings. The predicted octanol–water partition coefficient (Wildman–Crippen LogP) is -4.44. The summed E-state index contributed by atoms with van der Waals surface area (Å²) in [6.07, 6.45) is 0. The summed E-state index contributed by atoms with van der Waals surface area (Å²) < 4.78 is 0. The van der Waals surface area contributed by atoms with Gasteiger partial charge in [0.2, 0.25) is 0 Å². The van der Waals surface area contributed by atoms with Gasteiger partial charge >= 0.3 is 59.1 Å². The zero-order chi connectivity index (χ0) is 0. The van der Waals surface area contributed by atoms with Crippen LogP contribution in [0.2, 0.25) is 0 Å². The van der Waals surface area contributed by atoms with Crippen molar-refractivity contribution in [2.45, 2.75) is 0 Å². The molecule has 0 aliphatic rings. The van der Waals surface area contributed by atoms with E-state index in [0.29, 0.717) is 0 Å². The van der Waals surface area contributed by atoms with E-state index in [9.17, 15) is 0 Å². The van der Waals surface area contributed by atoms with Crippen molar-refractivity contribution >= 4 is 59.1 Å². The third-order valence-corrected chi connectivity index (χ3v) is 0. The number of rotatable bonds is 0. The maximum atomic E-state index is 0. The van der Waals surface area contributed by atoms with Crippen LogP contribution in [-0.2, 0) is 21.1 Å². The molecule has 0 saturated heterocycles. The third-order valence-electron chi connectivity index (χ3n) is 0. The molecule has 5 nitrogen and oxygen atoms in total. The van der Waals surface area contributed by atoms with Crippen LogP contribution in [0.4, 0.5) is 0 Å². The van der Waals surface area contributed by atoms with Crippen LogP contribution in [-0.4, -0.2) is 81.0 Å². The molecule has 0 radical (unpaired) electrons. The summed E-state index contributed by atoms with van der Waals surface area (Å²) in [4.78, 5) is 0. The summed E-state index contributed by atoms with van der Waals surface area (Å²) in [5, 5.41) is 0. The molecule has 50 valence electrons. The van der Waals surface area contributed by atoms with Crippen molar-refractivity contribution in [3.05, 3.63) is 0 Å². The standard InChI is InChI=1S/Mo.H3N.2Na.4H2O.2H/h;1H3;;;4*1H2;;. The van der Waals surface area contributed by atoms with Crippen LogP contribution in [0.5, 0.6) is 0 Å². The summed E-state index contributed by atoms with van der Waals surface area (Å²) >= 11 is 0. The predicted molar refractivity (Wildman–Crippen MR) is 33.8 cm³/mol. The molecular formula is H13MoNNa2O4. The second-order valence-corrected chi connectivity index (χ2v) is 0. The van der Waals surface area contributed by atoms with Gasteiger partial charge in [0.1, 0.15) is 0 Å². The first-order valence-corrected chi connectivity index (χ1v) is 0. The molecule has 0 unspecified atom stereocenters. The monoisotopic (exact) mass is 235 g/mol. The third kappa shape index (κ3) is 76.9. The molecule has 0 amide bonds. The van der Waals surface area contributed by atoms with Crippen molar-refractivity contribution in [3.8, 4) is 0 Å². The van der Waals surface area contributed by atoms with Gasteiger partial charge < -0.3 is 28.1 Å². The van der Waals surface area contributed by atoms with Crippen LogP contribution in [0.3, 0.4) is 0 Å². The van der Waals surface area contributed by atoms with Crippen molar-refractivity contribution in [2.75, 3.05) is 0 Å². The van der Waals surface area contributed by atoms with Gasteiger partial charge in [0.15, 0.2) is 0 Å². The Kier molecular flexibility index (Phi) is 2100. The molecule has 0 aliphatic heterocycles. The van der Waals surface area contributed by atoms with Crippen molar-refractivity contribution in [1.29, 1.82) is 0 Å². The number of hydrogen-bond acceptors (Lipinski definition) is 1. The molecule has 0 heterocycles. The summed E-state index contributed by atoms with van der Waals surface area (Å²) in [5.74, 6) is 0. The van der Waals surface area contributed by atoms with E-state index >= 15 is 0 Å². The van der Waals surface area contributed by atoms with E-state index in [1.165, 1.54) is 0 Å². The second-order valence-electron chi connectivity index (χ2n) is 0. The Labute approximate surface area is 107 Å². The van der Waals surface area contributed by atoms with Gasteiger partial charge in [0.05, 0.1) is 0 Å². The molecule has 0 rings (SSSR count). The first-order chi connectivity index (χ1) is 0. The quantitative estimate of drug-likeness (QED) is 0.410. The van der Waals surface area contributed by atoms with Gasteiger partial charge in [-0.05, 0) is 0 Å². The van der Waals surface area contributed by atoms with Gasteiger partial charge in [-0.3, -0.25) is 0 Å². The Morgan fingerprint density at radius 1 is 0.500 bits per heavy atom. The van der Waals surface area contributed by atoms with E-state index in [-0.39, 0.29) is 108 Å². The molecule has 8 heteroatoms. The fourth-order valence-electron chi connectivity index (χ4n) is 0. The Hall–Kier alpha value is 2.49. The Morgan fingerprint density at radius 3 is 0.500 bits per heavy atom. The van der Waals surface area contributed by atoms with Gasteiger partial charge in [0.25, 0.3) is 0 Å². The Bertz CT molecular complexity index is 14.0. The fourth-order valence-corrected chi connectivity index (χ4v) is 0. The molecule has 0 bridgehead atoms. The van der Waals surface area contributed by atoms with Gasteiger partial charge in [0, 0.05) is 21.1 Å². The average molecular weight is 233 g/mol. The summed E-state index contributed by atoms with van der Waals surface area (Å²) in [5.41, 5.74) is 0. The number of hydrogen-bond donors (Lipinski definition) is 1. The summed E-state index contributed by atoms with van der Waals surface area (Å²) in [6, 6.07) is 0. The molecule has 0 saturated carbocycles. The molecule has 0 aromatic heterocycles. The van der Waals surface area contributed by atoms with Gasteiger partial charge in [-0.25, -0.2) is 0 Å². The van der Waals surface area contributed by atoms with E-state index < -0.39 is 0 Å². The van der Waals surface area contributed by atoms with Gasteiger partial charge in [-0.2, -0.15) is 0 Å². The minimum atomic E-state index is 0. The molecule has 0 atom stereocenters. The van der Waals surface area contributed by atoms with E-state index in [0.717, 1.165) is 0 Å². The van der Waals surface area contributed by atoms with Crippen LogP contribution in [0.1, 0.15) is 0 Å². The van der Waals surface area contributed by atoms with E-state index in [1.54, 1.807) is 0 Å². The average Bonchev–Trinajstić information content (AvgIpc) is 0.